The van der Waals surface area contributed by atoms with E-state index in [1.54, 1.807) is 0 Å². The molecule has 0 radical (unpaired) electrons. The summed E-state index contributed by atoms with van der Waals surface area (Å²) in [6.07, 6.45) is 10.3. The summed E-state index contributed by atoms with van der Waals surface area (Å²) in [7, 11) is 0. The summed E-state index contributed by atoms with van der Waals surface area (Å²) in [5.74, 6) is 0.851. The van der Waals surface area contributed by atoms with Crippen LogP contribution in [0.2, 0.25) is 0 Å². The standard InChI is InChI=1S/C13H25N/c1-11(2)10-12-13(8-9-14-12)6-4-3-5-7-13/h11-12,14H,3-10H2,1-2H3. The molecule has 0 amide bonds. The minimum absolute atomic E-state index is 0.711. The van der Waals surface area contributed by atoms with E-state index in [1.165, 1.54) is 51.5 Å². The molecule has 1 atom stereocenters. The molecule has 1 saturated heterocycles. The Bertz CT molecular complexity index is 180. The third kappa shape index (κ3) is 1.98. The summed E-state index contributed by atoms with van der Waals surface area (Å²) in [6, 6.07) is 0.836. The molecule has 2 aliphatic rings. The van der Waals surface area contributed by atoms with Crippen molar-refractivity contribution < 1.29 is 0 Å². The van der Waals surface area contributed by atoms with Crippen molar-refractivity contribution in [2.75, 3.05) is 6.54 Å². The van der Waals surface area contributed by atoms with Crippen LogP contribution in [0.3, 0.4) is 0 Å². The first-order chi connectivity index (χ1) is 6.73. The van der Waals surface area contributed by atoms with Crippen molar-refractivity contribution in [3.05, 3.63) is 0 Å². The molecule has 1 heteroatoms. The summed E-state index contributed by atoms with van der Waals surface area (Å²) in [5, 5.41) is 3.75. The number of rotatable bonds is 2. The zero-order chi connectivity index (χ0) is 10.0. The van der Waals surface area contributed by atoms with Gasteiger partial charge in [-0.3, -0.25) is 0 Å². The van der Waals surface area contributed by atoms with Crippen LogP contribution in [0, 0.1) is 11.3 Å². The fraction of sp³-hybridized carbons (Fsp3) is 1.00. The molecule has 2 rings (SSSR count). The van der Waals surface area contributed by atoms with Gasteiger partial charge in [-0.15, -0.1) is 0 Å². The molecule has 1 unspecified atom stereocenters. The molecule has 1 aliphatic carbocycles. The van der Waals surface area contributed by atoms with E-state index in [4.69, 9.17) is 0 Å². The second-order valence-corrected chi connectivity index (χ2v) is 5.81. The third-order valence-corrected chi connectivity index (χ3v) is 4.31. The van der Waals surface area contributed by atoms with Gasteiger partial charge in [-0.2, -0.15) is 0 Å². The van der Waals surface area contributed by atoms with E-state index in [9.17, 15) is 0 Å². The molecule has 1 nitrogen and oxygen atoms in total. The van der Waals surface area contributed by atoms with Crippen molar-refractivity contribution in [2.24, 2.45) is 11.3 Å². The van der Waals surface area contributed by atoms with Gasteiger partial charge in [0, 0.05) is 6.04 Å². The molecule has 0 bridgehead atoms. The van der Waals surface area contributed by atoms with Gasteiger partial charge in [0.05, 0.1) is 0 Å². The van der Waals surface area contributed by atoms with Crippen LogP contribution in [0.1, 0.15) is 58.8 Å². The van der Waals surface area contributed by atoms with Crippen LogP contribution in [0.15, 0.2) is 0 Å². The lowest BCUT2D eigenvalue weighted by Crippen LogP contribution is -2.39. The molecular weight excluding hydrogens is 170 g/mol. The fourth-order valence-electron chi connectivity index (χ4n) is 3.55. The number of nitrogens with one attached hydrogen (secondary N) is 1. The first kappa shape index (κ1) is 10.5. The Morgan fingerprint density at radius 1 is 1.14 bits per heavy atom. The molecule has 2 fully saturated rings. The second-order valence-electron chi connectivity index (χ2n) is 5.81. The lowest BCUT2D eigenvalue weighted by Gasteiger charge is -2.39. The van der Waals surface area contributed by atoms with Crippen molar-refractivity contribution in [3.8, 4) is 0 Å². The van der Waals surface area contributed by atoms with Gasteiger partial charge >= 0.3 is 0 Å². The maximum Gasteiger partial charge on any atom is 0.0126 e. The van der Waals surface area contributed by atoms with Crippen LogP contribution in [0.4, 0.5) is 0 Å². The van der Waals surface area contributed by atoms with Crippen LogP contribution in [-0.2, 0) is 0 Å². The van der Waals surface area contributed by atoms with Gasteiger partial charge in [-0.25, -0.2) is 0 Å². The molecule has 14 heavy (non-hydrogen) atoms. The molecule has 1 spiro atoms. The highest BCUT2D eigenvalue weighted by Gasteiger charge is 2.42. The third-order valence-electron chi connectivity index (χ3n) is 4.31. The molecule has 0 aromatic carbocycles. The van der Waals surface area contributed by atoms with Gasteiger partial charge in [0.1, 0.15) is 0 Å². The number of hydrogen-bond donors (Lipinski definition) is 1. The summed E-state index contributed by atoms with van der Waals surface area (Å²) in [4.78, 5) is 0. The summed E-state index contributed by atoms with van der Waals surface area (Å²) in [5.41, 5.74) is 0.711. The highest BCUT2D eigenvalue weighted by molar-refractivity contribution is 4.98. The van der Waals surface area contributed by atoms with Crippen LogP contribution in [0.25, 0.3) is 0 Å². The van der Waals surface area contributed by atoms with E-state index in [0.29, 0.717) is 5.41 Å². The van der Waals surface area contributed by atoms with Crippen molar-refractivity contribution in [2.45, 2.75) is 64.8 Å². The molecule has 0 aromatic heterocycles. The maximum absolute atomic E-state index is 3.75. The molecular formula is C13H25N. The topological polar surface area (TPSA) is 12.0 Å². The minimum atomic E-state index is 0.711. The Hall–Kier alpha value is -0.0400. The van der Waals surface area contributed by atoms with E-state index < -0.39 is 0 Å². The normalized spacial score (nSPS) is 31.5. The average Bonchev–Trinajstić information content (AvgIpc) is 2.50. The summed E-state index contributed by atoms with van der Waals surface area (Å²) in [6.45, 7) is 5.99. The zero-order valence-corrected chi connectivity index (χ0v) is 9.81. The van der Waals surface area contributed by atoms with E-state index in [2.05, 4.69) is 19.2 Å². The SMILES string of the molecule is CC(C)CC1NCCC12CCCCC2. The predicted molar refractivity (Wildman–Crippen MR) is 61.4 cm³/mol. The van der Waals surface area contributed by atoms with E-state index in [1.807, 2.05) is 0 Å². The highest BCUT2D eigenvalue weighted by atomic mass is 15.0. The maximum atomic E-state index is 3.75. The monoisotopic (exact) mass is 195 g/mol. The Balaban J connectivity index is 2.00. The quantitative estimate of drug-likeness (QED) is 0.712. The molecule has 0 aromatic rings. The second kappa shape index (κ2) is 4.22. The Labute approximate surface area is 88.7 Å². The zero-order valence-electron chi connectivity index (χ0n) is 9.81. The molecule has 1 N–H and O–H groups in total. The van der Waals surface area contributed by atoms with Gasteiger partial charge in [-0.05, 0) is 43.6 Å². The van der Waals surface area contributed by atoms with Crippen molar-refractivity contribution in [1.82, 2.24) is 5.32 Å². The van der Waals surface area contributed by atoms with Crippen LogP contribution in [0.5, 0.6) is 0 Å². The minimum Gasteiger partial charge on any atom is -0.313 e. The predicted octanol–water partition coefficient (Wildman–Crippen LogP) is 3.34. The fourth-order valence-corrected chi connectivity index (χ4v) is 3.55. The van der Waals surface area contributed by atoms with Crippen LogP contribution < -0.4 is 5.32 Å². The van der Waals surface area contributed by atoms with Crippen molar-refractivity contribution in [3.63, 3.8) is 0 Å². The Morgan fingerprint density at radius 3 is 2.50 bits per heavy atom. The largest absolute Gasteiger partial charge is 0.313 e. The summed E-state index contributed by atoms with van der Waals surface area (Å²) >= 11 is 0. The van der Waals surface area contributed by atoms with Gasteiger partial charge in [-0.1, -0.05) is 33.1 Å². The van der Waals surface area contributed by atoms with Gasteiger partial charge in [0.15, 0.2) is 0 Å². The van der Waals surface area contributed by atoms with Crippen molar-refractivity contribution >= 4 is 0 Å². The lowest BCUT2D eigenvalue weighted by molar-refractivity contribution is 0.149. The van der Waals surface area contributed by atoms with Crippen LogP contribution >= 0.6 is 0 Å². The van der Waals surface area contributed by atoms with Gasteiger partial charge < -0.3 is 5.32 Å². The van der Waals surface area contributed by atoms with E-state index >= 15 is 0 Å². The molecule has 1 saturated carbocycles. The smallest absolute Gasteiger partial charge is 0.0126 e. The summed E-state index contributed by atoms with van der Waals surface area (Å²) < 4.78 is 0. The molecule has 82 valence electrons. The van der Waals surface area contributed by atoms with Crippen LogP contribution in [-0.4, -0.2) is 12.6 Å². The van der Waals surface area contributed by atoms with E-state index in [-0.39, 0.29) is 0 Å². The Morgan fingerprint density at radius 2 is 1.86 bits per heavy atom. The highest BCUT2D eigenvalue weighted by Crippen LogP contribution is 2.46. The van der Waals surface area contributed by atoms with E-state index in [0.717, 1.165) is 12.0 Å². The first-order valence-electron chi connectivity index (χ1n) is 6.46. The lowest BCUT2D eigenvalue weighted by atomic mass is 9.67. The van der Waals surface area contributed by atoms with Gasteiger partial charge in [0.2, 0.25) is 0 Å². The molecule has 1 aliphatic heterocycles. The first-order valence-corrected chi connectivity index (χ1v) is 6.46. The van der Waals surface area contributed by atoms with Crippen molar-refractivity contribution in [1.29, 1.82) is 0 Å². The Kier molecular flexibility index (Phi) is 3.16. The number of hydrogen-bond acceptors (Lipinski definition) is 1. The average molecular weight is 195 g/mol. The molecule has 1 heterocycles. The van der Waals surface area contributed by atoms with Gasteiger partial charge in [0.25, 0.3) is 0 Å².